The molecule has 23 aromatic rings. The minimum atomic E-state index is -2.40. The second-order valence-corrected chi connectivity index (χ2v) is 46.3. The summed E-state index contributed by atoms with van der Waals surface area (Å²) in [7, 11) is -7.10. The summed E-state index contributed by atoms with van der Waals surface area (Å²) in [5.74, 6) is 0. The molecule has 1 aromatic heterocycles. The molecule has 4 nitrogen and oxygen atoms in total. The highest BCUT2D eigenvalue weighted by Gasteiger charge is 2.25. The number of hydrogen-bond acceptors (Lipinski definition) is 3. The molecule has 0 fully saturated rings. The van der Waals surface area contributed by atoms with Gasteiger partial charge in [0, 0.05) is 32.4 Å². The first kappa shape index (κ1) is 88.0. The van der Waals surface area contributed by atoms with E-state index in [-0.39, 0.29) is 0 Å². The maximum absolute atomic E-state index is 13.0. The van der Waals surface area contributed by atoms with Crippen molar-refractivity contribution >= 4 is 102 Å². The topological polar surface area (TPSA) is 56.1 Å². The molecule has 0 bridgehead atoms. The Kier molecular flexibility index (Phi) is 24.2. The maximum Gasteiger partial charge on any atom is 0.109 e. The summed E-state index contributed by atoms with van der Waals surface area (Å²) in [4.78, 5) is 0. The van der Waals surface area contributed by atoms with Gasteiger partial charge in [-0.1, -0.05) is 406 Å². The molecule has 7 heteroatoms. The van der Waals surface area contributed by atoms with Gasteiger partial charge in [-0.05, 0) is 319 Å². The van der Waals surface area contributed by atoms with Crippen LogP contribution in [0, 0.1) is 0 Å². The van der Waals surface area contributed by atoms with Crippen molar-refractivity contribution in [3.8, 4) is 150 Å². The van der Waals surface area contributed by atoms with Crippen molar-refractivity contribution in [1.29, 1.82) is 0 Å². The number of fused-ring (bicyclic) bond motifs is 7. The van der Waals surface area contributed by atoms with E-state index < -0.39 is 21.4 Å². The molecule has 22 aromatic carbocycles. The van der Waals surface area contributed by atoms with E-state index in [1.54, 1.807) is 0 Å². The van der Waals surface area contributed by atoms with Gasteiger partial charge in [0.15, 0.2) is 0 Å². The predicted molar refractivity (Wildman–Crippen MR) is 592 cm³/mol. The first-order valence-electron chi connectivity index (χ1n) is 46.7. The summed E-state index contributed by atoms with van der Waals surface area (Å²) in [6, 6.07) is 178. The van der Waals surface area contributed by atoms with Gasteiger partial charge in [-0.2, -0.15) is 0 Å². The van der Waals surface area contributed by atoms with Crippen LogP contribution in [0.1, 0.15) is 0 Å². The van der Waals surface area contributed by atoms with Crippen LogP contribution in [0.4, 0.5) is 0 Å². The molecule has 658 valence electrons. The van der Waals surface area contributed by atoms with Crippen LogP contribution in [-0.4, -0.2) is 44.6 Å². The predicted octanol–water partition coefficient (Wildman–Crippen LogP) is 35.2. The lowest BCUT2D eigenvalue weighted by molar-refractivity contribution is 0.587. The maximum atomic E-state index is 13.0. The molecule has 0 atom stereocenters. The van der Waals surface area contributed by atoms with Gasteiger partial charge in [0.2, 0.25) is 0 Å². The first-order chi connectivity index (χ1) is 66.8. The van der Waals surface area contributed by atoms with Gasteiger partial charge >= 0.3 is 0 Å². The molecule has 1 heterocycles. The molecule has 0 unspecified atom stereocenters. The standard InChI is InChI=1S/2C46H35OP.C38H30NOP/c1-48(2,47)40-22-14-20-35(31-40)34-19-13-21-36(27-34)45-41-23-9-11-25-43(41)46(44-26-12-10-24-42(44)45)39-29-37(32-15-5-3-6-16-32)28-38(30-39)33-17-7-4-8-18-33;1-48(2,47)40-26-24-34(25-27-40)35-18-13-19-36(28-35)45-41-20-9-11-22-43(41)46(44-23-12-10-21-42(44)45)39-30-37(32-14-5-3-6-15-32)29-38(31-39)33-16-7-4-8-17-33;1-41(2,40)34-15-9-14-33(26-34)39-37-22-20-31(28-12-7-4-8-13-28)24-35(37)36-25-32(21-23-38(36)39)30-18-16-29(17-19-30)27-10-5-3-6-11-27/h2*3-31H,1-2H3;3-26H,1-2H3. The van der Waals surface area contributed by atoms with E-state index in [2.05, 4.69) is 460 Å². The molecule has 0 aliphatic heterocycles. The van der Waals surface area contributed by atoms with Crippen LogP contribution in [0.15, 0.2) is 497 Å². The molecule has 23 rings (SSSR count). The molecular weight excluding hydrogens is 1720 g/mol. The van der Waals surface area contributed by atoms with Crippen molar-refractivity contribution in [2.24, 2.45) is 0 Å². The van der Waals surface area contributed by atoms with Crippen LogP contribution in [0.2, 0.25) is 0 Å². The van der Waals surface area contributed by atoms with E-state index in [9.17, 15) is 13.7 Å². The fourth-order valence-electron chi connectivity index (χ4n) is 19.7. The number of benzene rings is 22. The van der Waals surface area contributed by atoms with Crippen LogP contribution in [-0.2, 0) is 13.7 Å². The second-order valence-electron chi connectivity index (χ2n) is 36.7. The number of rotatable bonds is 17. The third-order valence-corrected chi connectivity index (χ3v) is 31.2. The minimum Gasteiger partial charge on any atom is -0.319 e. The molecule has 0 radical (unpaired) electrons. The molecular formula is C130H100NO3P3. The van der Waals surface area contributed by atoms with E-state index >= 15 is 0 Å². The molecule has 0 saturated carbocycles. The zero-order chi connectivity index (χ0) is 93.3. The van der Waals surface area contributed by atoms with Crippen molar-refractivity contribution < 1.29 is 13.7 Å². The van der Waals surface area contributed by atoms with Crippen LogP contribution in [0.25, 0.3) is 215 Å². The van der Waals surface area contributed by atoms with E-state index in [0.717, 1.165) is 60.5 Å². The van der Waals surface area contributed by atoms with Crippen LogP contribution >= 0.6 is 21.4 Å². The molecule has 0 spiro atoms. The fraction of sp³-hybridized carbons (Fsp3) is 0.0462. The third kappa shape index (κ3) is 18.2. The Labute approximate surface area is 802 Å². The van der Waals surface area contributed by atoms with Crippen molar-refractivity contribution in [2.45, 2.75) is 0 Å². The van der Waals surface area contributed by atoms with Crippen molar-refractivity contribution in [3.05, 3.63) is 497 Å². The zero-order valence-electron chi connectivity index (χ0n) is 77.4. The van der Waals surface area contributed by atoms with E-state index in [4.69, 9.17) is 0 Å². The van der Waals surface area contributed by atoms with Gasteiger partial charge in [-0.15, -0.1) is 0 Å². The quantitative estimate of drug-likeness (QED) is 0.0674. The molecule has 0 N–H and O–H groups in total. The van der Waals surface area contributed by atoms with Crippen molar-refractivity contribution in [3.63, 3.8) is 0 Å². The van der Waals surface area contributed by atoms with Crippen LogP contribution in [0.3, 0.4) is 0 Å². The lowest BCUT2D eigenvalue weighted by atomic mass is 9.84. The van der Waals surface area contributed by atoms with Gasteiger partial charge in [0.05, 0.1) is 11.0 Å². The molecule has 137 heavy (non-hydrogen) atoms. The van der Waals surface area contributed by atoms with Gasteiger partial charge < -0.3 is 18.3 Å². The SMILES string of the molecule is CP(C)(=O)c1ccc(-c2cccc(-c3c4ccccc4c(-c4cc(-c5ccccc5)cc(-c5ccccc5)c4)c4ccccc34)c2)cc1.CP(C)(=O)c1cccc(-c2cccc(-c3c4ccccc4c(-c4cc(-c5ccccc5)cc(-c5ccccc5)c4)c4ccccc34)c2)c1.CP(C)(=O)c1cccc(-n2c3ccc(-c4ccccc4)cc3c3cc(-c4ccc(-c5ccccc5)cc4)ccc32)c1. The molecule has 0 saturated heterocycles. The van der Waals surface area contributed by atoms with Gasteiger partial charge in [0.25, 0.3) is 0 Å². The number of nitrogens with zero attached hydrogens (tertiary/aromatic N) is 1. The Balaban J connectivity index is 0.000000123. The Bertz CT molecular complexity index is 8410. The monoisotopic (exact) mass is 1820 g/mol. The summed E-state index contributed by atoms with van der Waals surface area (Å²) in [6.07, 6.45) is 0. The lowest BCUT2D eigenvalue weighted by Crippen LogP contribution is -2.05. The Morgan fingerprint density at radius 3 is 0.672 bits per heavy atom. The zero-order valence-corrected chi connectivity index (χ0v) is 80.0. The van der Waals surface area contributed by atoms with Gasteiger partial charge in [0.1, 0.15) is 21.4 Å². The summed E-state index contributed by atoms with van der Waals surface area (Å²) in [6.45, 7) is 11.0. The largest absolute Gasteiger partial charge is 0.319 e. The summed E-state index contributed by atoms with van der Waals surface area (Å²) in [5, 5.41) is 14.9. The average Bonchev–Trinajstić information content (AvgIpc) is 1.62. The lowest BCUT2D eigenvalue weighted by Gasteiger charge is -2.19. The smallest absolute Gasteiger partial charge is 0.109 e. The number of aromatic nitrogens is 1. The first-order valence-corrected chi connectivity index (χ1v) is 54.5. The third-order valence-electron chi connectivity index (χ3n) is 26.6. The average molecular weight is 1820 g/mol. The fourth-order valence-corrected chi connectivity index (χ4v) is 22.4. The normalized spacial score (nSPS) is 11.7. The second kappa shape index (κ2) is 37.7. The van der Waals surface area contributed by atoms with Crippen LogP contribution in [0.5, 0.6) is 0 Å². The van der Waals surface area contributed by atoms with Crippen molar-refractivity contribution in [2.75, 3.05) is 40.0 Å². The highest BCUT2D eigenvalue weighted by atomic mass is 31.2. The van der Waals surface area contributed by atoms with E-state index in [1.807, 2.05) is 82.5 Å². The number of hydrogen-bond donors (Lipinski definition) is 0. The van der Waals surface area contributed by atoms with Gasteiger partial charge in [-0.3, -0.25) is 0 Å². The Morgan fingerprint density at radius 2 is 0.343 bits per heavy atom. The van der Waals surface area contributed by atoms with Crippen molar-refractivity contribution in [1.82, 2.24) is 4.57 Å². The van der Waals surface area contributed by atoms with Crippen LogP contribution < -0.4 is 15.9 Å². The molecule has 0 amide bonds. The minimum absolute atomic E-state index is 0.890. The van der Waals surface area contributed by atoms with E-state index in [1.165, 1.54) is 171 Å². The summed E-state index contributed by atoms with van der Waals surface area (Å²) in [5.41, 5.74) is 34.2. The molecule has 0 aliphatic carbocycles. The van der Waals surface area contributed by atoms with Gasteiger partial charge in [-0.25, -0.2) is 0 Å². The van der Waals surface area contributed by atoms with E-state index in [0.29, 0.717) is 0 Å². The summed E-state index contributed by atoms with van der Waals surface area (Å²) >= 11 is 0. The Morgan fingerprint density at radius 1 is 0.139 bits per heavy atom. The summed E-state index contributed by atoms with van der Waals surface area (Å²) < 4.78 is 40.9. The molecule has 0 aliphatic rings. The Hall–Kier alpha value is -15.6. The highest BCUT2D eigenvalue weighted by molar-refractivity contribution is 7.70. The highest BCUT2D eigenvalue weighted by Crippen LogP contribution is 2.51.